The summed E-state index contributed by atoms with van der Waals surface area (Å²) in [4.78, 5) is 6.25. The van der Waals surface area contributed by atoms with Crippen LogP contribution in [0.2, 0.25) is 0 Å². The number of para-hydroxylation sites is 1. The lowest BCUT2D eigenvalue weighted by Gasteiger charge is -2.33. The fourth-order valence-corrected chi connectivity index (χ4v) is 5.61. The number of hydrogen-bond donors (Lipinski definition) is 0. The minimum absolute atomic E-state index is 0.254. The van der Waals surface area contributed by atoms with E-state index in [4.69, 9.17) is 0 Å². The van der Waals surface area contributed by atoms with Gasteiger partial charge in [-0.1, -0.05) is 12.1 Å². The number of hydrogen-bond acceptors (Lipinski definition) is 5. The molecule has 5 nitrogen and oxygen atoms in total. The number of rotatable bonds is 4. The molecule has 3 aromatic rings. The van der Waals surface area contributed by atoms with Gasteiger partial charge in [-0.25, -0.2) is 22.2 Å². The van der Waals surface area contributed by atoms with E-state index in [9.17, 15) is 17.2 Å². The van der Waals surface area contributed by atoms with Crippen molar-refractivity contribution in [3.05, 3.63) is 59.1 Å². The third kappa shape index (κ3) is 3.73. The molecule has 0 spiro atoms. The topological polar surface area (TPSA) is 53.5 Å². The number of sulfonamides is 1. The van der Waals surface area contributed by atoms with Gasteiger partial charge in [-0.2, -0.15) is 4.31 Å². The second-order valence-electron chi connectivity index (χ2n) is 6.33. The van der Waals surface area contributed by atoms with Crippen LogP contribution in [0, 0.1) is 11.6 Å². The maximum absolute atomic E-state index is 13.9. The van der Waals surface area contributed by atoms with Gasteiger partial charge in [0.25, 0.3) is 0 Å². The smallest absolute Gasteiger partial charge is 0.246 e. The third-order valence-corrected chi connectivity index (χ3v) is 7.49. The summed E-state index contributed by atoms with van der Waals surface area (Å²) >= 11 is 1.63. The molecule has 0 N–H and O–H groups in total. The number of aromatic nitrogens is 1. The molecule has 1 saturated heterocycles. The summed E-state index contributed by atoms with van der Waals surface area (Å²) in [5.74, 6) is -1.86. The van der Waals surface area contributed by atoms with E-state index in [1.54, 1.807) is 11.3 Å². The largest absolute Gasteiger partial charge is 0.294 e. The van der Waals surface area contributed by atoms with Gasteiger partial charge in [-0.15, -0.1) is 11.3 Å². The first kappa shape index (κ1) is 18.4. The van der Waals surface area contributed by atoms with Crippen LogP contribution in [-0.2, 0) is 16.6 Å². The molecule has 142 valence electrons. The molecule has 1 aliphatic heterocycles. The van der Waals surface area contributed by atoms with Crippen molar-refractivity contribution in [3.8, 4) is 0 Å². The molecule has 27 heavy (non-hydrogen) atoms. The molecule has 1 aromatic heterocycles. The highest BCUT2D eigenvalue weighted by Gasteiger charge is 2.31. The van der Waals surface area contributed by atoms with Crippen molar-refractivity contribution in [3.63, 3.8) is 0 Å². The van der Waals surface area contributed by atoms with Crippen molar-refractivity contribution < 1.29 is 17.2 Å². The Bertz CT molecular complexity index is 1040. The first-order valence-corrected chi connectivity index (χ1v) is 10.7. The molecule has 2 aromatic carbocycles. The van der Waals surface area contributed by atoms with Gasteiger partial charge < -0.3 is 0 Å². The van der Waals surface area contributed by atoms with Gasteiger partial charge in [0.1, 0.15) is 21.5 Å². The van der Waals surface area contributed by atoms with E-state index in [1.807, 2.05) is 24.3 Å². The quantitative estimate of drug-likeness (QED) is 0.665. The molecule has 0 aliphatic carbocycles. The number of halogens is 2. The molecule has 1 aliphatic rings. The number of piperazine rings is 1. The van der Waals surface area contributed by atoms with E-state index < -0.39 is 26.6 Å². The Morgan fingerprint density at radius 3 is 2.48 bits per heavy atom. The van der Waals surface area contributed by atoms with Crippen LogP contribution < -0.4 is 0 Å². The van der Waals surface area contributed by atoms with Gasteiger partial charge in [0.15, 0.2) is 0 Å². The number of fused-ring (bicyclic) bond motifs is 1. The summed E-state index contributed by atoms with van der Waals surface area (Å²) in [6.45, 7) is 2.21. The van der Waals surface area contributed by atoms with Gasteiger partial charge in [-0.05, 0) is 24.3 Å². The van der Waals surface area contributed by atoms with E-state index in [1.165, 1.54) is 4.31 Å². The maximum Gasteiger partial charge on any atom is 0.246 e. The van der Waals surface area contributed by atoms with E-state index in [0.717, 1.165) is 27.4 Å². The number of benzene rings is 2. The van der Waals surface area contributed by atoms with Crippen molar-refractivity contribution in [1.82, 2.24) is 14.2 Å². The second kappa shape index (κ2) is 7.23. The number of nitrogens with zero attached hydrogens (tertiary/aromatic N) is 3. The molecule has 0 saturated carbocycles. The summed E-state index contributed by atoms with van der Waals surface area (Å²) in [6, 6.07) is 10.4. The minimum atomic E-state index is -3.97. The Morgan fingerprint density at radius 2 is 1.78 bits per heavy atom. The van der Waals surface area contributed by atoms with Crippen molar-refractivity contribution in [1.29, 1.82) is 0 Å². The molecule has 0 unspecified atom stereocenters. The van der Waals surface area contributed by atoms with Gasteiger partial charge >= 0.3 is 0 Å². The van der Waals surface area contributed by atoms with Crippen LogP contribution in [-0.4, -0.2) is 48.8 Å². The highest BCUT2D eigenvalue weighted by Crippen LogP contribution is 2.25. The SMILES string of the molecule is O=S(=O)(c1ccc(F)cc1F)N1CCN(Cc2nc3ccccc3s2)CC1. The molecular formula is C18H17F2N3O2S2. The zero-order valence-corrected chi connectivity index (χ0v) is 15.9. The lowest BCUT2D eigenvalue weighted by Crippen LogP contribution is -2.48. The normalized spacial score (nSPS) is 16.8. The van der Waals surface area contributed by atoms with E-state index >= 15 is 0 Å². The molecular weight excluding hydrogens is 392 g/mol. The molecule has 2 heterocycles. The Morgan fingerprint density at radius 1 is 1.04 bits per heavy atom. The Balaban J connectivity index is 1.43. The Kier molecular flexibility index (Phi) is 4.94. The van der Waals surface area contributed by atoms with Gasteiger partial charge in [-0.3, -0.25) is 4.90 Å². The monoisotopic (exact) mass is 409 g/mol. The van der Waals surface area contributed by atoms with Crippen LogP contribution in [0.4, 0.5) is 8.78 Å². The van der Waals surface area contributed by atoms with Gasteiger partial charge in [0.05, 0.1) is 16.8 Å². The first-order valence-electron chi connectivity index (χ1n) is 8.45. The Hall–Kier alpha value is -1.94. The van der Waals surface area contributed by atoms with Crippen molar-refractivity contribution in [2.75, 3.05) is 26.2 Å². The average molecular weight is 409 g/mol. The Labute approximate surface area is 159 Å². The van der Waals surface area contributed by atoms with E-state index in [2.05, 4.69) is 9.88 Å². The first-order chi connectivity index (χ1) is 12.9. The van der Waals surface area contributed by atoms with Crippen LogP contribution in [0.1, 0.15) is 5.01 Å². The molecule has 0 amide bonds. The summed E-state index contributed by atoms with van der Waals surface area (Å²) in [5.41, 5.74) is 0.963. The molecule has 1 fully saturated rings. The molecule has 9 heteroatoms. The van der Waals surface area contributed by atoms with Gasteiger partial charge in [0.2, 0.25) is 10.0 Å². The summed E-state index contributed by atoms with van der Waals surface area (Å²) in [7, 11) is -3.97. The van der Waals surface area contributed by atoms with Gasteiger partial charge in [0, 0.05) is 32.2 Å². The minimum Gasteiger partial charge on any atom is -0.294 e. The summed E-state index contributed by atoms with van der Waals surface area (Å²) in [6.07, 6.45) is 0. The number of thiazole rings is 1. The zero-order chi connectivity index (χ0) is 19.0. The van der Waals surface area contributed by atoms with Crippen LogP contribution in [0.5, 0.6) is 0 Å². The summed E-state index contributed by atoms with van der Waals surface area (Å²) in [5, 5.41) is 0.983. The highest BCUT2D eigenvalue weighted by molar-refractivity contribution is 7.89. The van der Waals surface area contributed by atoms with Crippen molar-refractivity contribution in [2.45, 2.75) is 11.4 Å². The van der Waals surface area contributed by atoms with Crippen molar-refractivity contribution in [2.24, 2.45) is 0 Å². The van der Waals surface area contributed by atoms with E-state index in [0.29, 0.717) is 25.7 Å². The highest BCUT2D eigenvalue weighted by atomic mass is 32.2. The van der Waals surface area contributed by atoms with Crippen LogP contribution in [0.3, 0.4) is 0 Å². The average Bonchev–Trinajstić information content (AvgIpc) is 3.04. The molecule has 0 atom stereocenters. The van der Waals surface area contributed by atoms with Crippen LogP contribution >= 0.6 is 11.3 Å². The lowest BCUT2D eigenvalue weighted by molar-refractivity contribution is 0.181. The van der Waals surface area contributed by atoms with Crippen molar-refractivity contribution >= 4 is 31.6 Å². The molecule has 0 bridgehead atoms. The van der Waals surface area contributed by atoms with Crippen LogP contribution in [0.25, 0.3) is 10.2 Å². The lowest BCUT2D eigenvalue weighted by atomic mass is 10.3. The predicted octanol–water partition coefficient (Wildman–Crippen LogP) is 3.08. The fourth-order valence-electron chi connectivity index (χ4n) is 3.13. The second-order valence-corrected chi connectivity index (χ2v) is 9.35. The maximum atomic E-state index is 13.9. The zero-order valence-electron chi connectivity index (χ0n) is 14.3. The molecule has 4 rings (SSSR count). The molecule has 0 radical (unpaired) electrons. The standard InChI is InChI=1S/C18H17F2N3O2S2/c19-13-5-6-17(14(20)11-13)27(24,25)23-9-7-22(8-10-23)12-18-21-15-3-1-2-4-16(15)26-18/h1-6,11H,7-10,12H2. The van der Waals surface area contributed by atoms with E-state index in [-0.39, 0.29) is 13.1 Å². The third-order valence-electron chi connectivity index (χ3n) is 4.54. The predicted molar refractivity (Wildman–Crippen MR) is 100 cm³/mol. The van der Waals surface area contributed by atoms with Crippen LogP contribution in [0.15, 0.2) is 47.4 Å². The fraction of sp³-hybridized carbons (Fsp3) is 0.278. The summed E-state index contributed by atoms with van der Waals surface area (Å²) < 4.78 is 54.6.